The van der Waals surface area contributed by atoms with E-state index in [-0.39, 0.29) is 24.6 Å². The molecule has 2 aliphatic heterocycles. The second-order valence-electron chi connectivity index (χ2n) is 8.05. The maximum absolute atomic E-state index is 12.8. The summed E-state index contributed by atoms with van der Waals surface area (Å²) in [6, 6.07) is 10.8. The van der Waals surface area contributed by atoms with Gasteiger partial charge in [0.1, 0.15) is 18.4 Å². The fourth-order valence-corrected chi connectivity index (χ4v) is 3.83. The van der Waals surface area contributed by atoms with E-state index in [2.05, 4.69) is 10.2 Å². The number of hydrogen-bond donors (Lipinski definition) is 0. The van der Waals surface area contributed by atoms with Crippen LogP contribution < -0.4 is 19.3 Å². The van der Waals surface area contributed by atoms with Gasteiger partial charge in [-0.3, -0.25) is 9.69 Å². The molecule has 170 valence electrons. The first-order chi connectivity index (χ1) is 15.4. The summed E-state index contributed by atoms with van der Waals surface area (Å²) in [4.78, 5) is 32.5. The summed E-state index contributed by atoms with van der Waals surface area (Å²) in [6.45, 7) is 2.19. The smallest absolute Gasteiger partial charge is 0.325 e. The summed E-state index contributed by atoms with van der Waals surface area (Å²) in [6.07, 6.45) is 0.581. The Balaban J connectivity index is 1.28. The highest BCUT2D eigenvalue weighted by Crippen LogP contribution is 2.24. The van der Waals surface area contributed by atoms with E-state index in [0.717, 1.165) is 23.7 Å². The minimum absolute atomic E-state index is 0.0650. The molecule has 3 amide bonds. The van der Waals surface area contributed by atoms with Crippen molar-refractivity contribution in [3.63, 3.8) is 0 Å². The number of hydrogen-bond acceptors (Lipinski definition) is 7. The van der Waals surface area contributed by atoms with Gasteiger partial charge in [-0.1, -0.05) is 0 Å². The van der Waals surface area contributed by atoms with Gasteiger partial charge in [-0.25, -0.2) is 4.79 Å². The average molecular weight is 441 g/mol. The lowest BCUT2D eigenvalue weighted by molar-refractivity contribution is -0.130. The maximum atomic E-state index is 12.8. The molecular formula is C22H28N6O4. The summed E-state index contributed by atoms with van der Waals surface area (Å²) < 4.78 is 11.1. The lowest BCUT2D eigenvalue weighted by atomic mass is 10.3. The number of anilines is 2. The minimum Gasteiger partial charge on any atom is -0.497 e. The molecule has 0 spiro atoms. The summed E-state index contributed by atoms with van der Waals surface area (Å²) in [5.41, 5.74) is 0.793. The van der Waals surface area contributed by atoms with Crippen LogP contribution in [0.2, 0.25) is 0 Å². The molecule has 2 aliphatic rings. The van der Waals surface area contributed by atoms with Crippen molar-refractivity contribution in [3.05, 3.63) is 36.4 Å². The molecule has 3 heterocycles. The van der Waals surface area contributed by atoms with Crippen LogP contribution in [0, 0.1) is 0 Å². The first kappa shape index (κ1) is 21.7. The Morgan fingerprint density at radius 1 is 1.09 bits per heavy atom. The maximum Gasteiger partial charge on any atom is 0.325 e. The Kier molecular flexibility index (Phi) is 6.29. The van der Waals surface area contributed by atoms with Crippen molar-refractivity contribution in [3.8, 4) is 11.6 Å². The van der Waals surface area contributed by atoms with Crippen molar-refractivity contribution < 1.29 is 19.1 Å². The summed E-state index contributed by atoms with van der Waals surface area (Å²) in [7, 11) is 5.39. The van der Waals surface area contributed by atoms with Gasteiger partial charge in [0.25, 0.3) is 0 Å². The van der Waals surface area contributed by atoms with Crippen LogP contribution in [0.25, 0.3) is 0 Å². The molecule has 0 saturated carbocycles. The number of urea groups is 1. The molecule has 0 N–H and O–H groups in total. The third kappa shape index (κ3) is 4.68. The summed E-state index contributed by atoms with van der Waals surface area (Å²) in [5, 5.41) is 8.20. The second kappa shape index (κ2) is 9.29. The Morgan fingerprint density at radius 3 is 2.53 bits per heavy atom. The van der Waals surface area contributed by atoms with Crippen LogP contribution >= 0.6 is 0 Å². The Hall–Kier alpha value is -3.56. The molecule has 1 atom stereocenters. The highest BCUT2D eigenvalue weighted by molar-refractivity contribution is 5.96. The minimum atomic E-state index is -0.160. The average Bonchev–Trinajstić information content (AvgIpc) is 3.41. The van der Waals surface area contributed by atoms with Gasteiger partial charge in [0.05, 0.1) is 13.7 Å². The third-order valence-corrected chi connectivity index (χ3v) is 5.67. The van der Waals surface area contributed by atoms with Crippen LogP contribution in [-0.4, -0.2) is 92.0 Å². The summed E-state index contributed by atoms with van der Waals surface area (Å²) >= 11 is 0. The number of amides is 3. The van der Waals surface area contributed by atoms with Crippen molar-refractivity contribution in [2.45, 2.75) is 12.5 Å². The van der Waals surface area contributed by atoms with Gasteiger partial charge in [-0.2, -0.15) is 0 Å². The van der Waals surface area contributed by atoms with E-state index < -0.39 is 0 Å². The van der Waals surface area contributed by atoms with Gasteiger partial charge in [-0.05, 0) is 30.3 Å². The standard InChI is InChI=1S/C22H28N6O4/c1-25(2)19-8-9-20(24-23-19)32-18-10-11-26(14-18)21(29)15-27-12-13-28(22(27)30)16-4-6-17(31-3)7-5-16/h4-9,18H,10-15H2,1-3H3. The number of aromatic nitrogens is 2. The van der Waals surface area contributed by atoms with Crippen molar-refractivity contribution >= 4 is 23.4 Å². The van der Waals surface area contributed by atoms with Crippen LogP contribution in [-0.2, 0) is 4.79 Å². The zero-order valence-corrected chi connectivity index (χ0v) is 18.6. The van der Waals surface area contributed by atoms with Crippen LogP contribution in [0.5, 0.6) is 11.6 Å². The molecule has 2 aromatic rings. The van der Waals surface area contributed by atoms with Crippen molar-refractivity contribution in [1.29, 1.82) is 0 Å². The van der Waals surface area contributed by atoms with Crippen molar-refractivity contribution in [2.24, 2.45) is 0 Å². The van der Waals surface area contributed by atoms with Crippen molar-refractivity contribution in [1.82, 2.24) is 20.0 Å². The molecule has 10 nitrogen and oxygen atoms in total. The zero-order chi connectivity index (χ0) is 22.7. The van der Waals surface area contributed by atoms with E-state index in [4.69, 9.17) is 9.47 Å². The van der Waals surface area contributed by atoms with Crippen LogP contribution in [0.3, 0.4) is 0 Å². The topological polar surface area (TPSA) is 91.3 Å². The Labute approximate surface area is 187 Å². The number of likely N-dealkylation sites (tertiary alicyclic amines) is 1. The molecule has 2 fully saturated rings. The Morgan fingerprint density at radius 2 is 1.88 bits per heavy atom. The molecule has 0 bridgehead atoms. The fourth-order valence-electron chi connectivity index (χ4n) is 3.83. The molecular weight excluding hydrogens is 412 g/mol. The molecule has 0 aliphatic carbocycles. The SMILES string of the molecule is COc1ccc(N2CCN(CC(=O)N3CCC(Oc4ccc(N(C)C)nn4)C3)C2=O)cc1. The van der Waals surface area contributed by atoms with Crippen LogP contribution in [0.15, 0.2) is 36.4 Å². The van der Waals surface area contributed by atoms with E-state index in [9.17, 15) is 9.59 Å². The lowest BCUT2D eigenvalue weighted by Gasteiger charge is -2.22. The molecule has 10 heteroatoms. The van der Waals surface area contributed by atoms with Gasteiger partial charge in [-0.15, -0.1) is 10.2 Å². The molecule has 1 aromatic heterocycles. The van der Waals surface area contributed by atoms with E-state index in [1.54, 1.807) is 27.9 Å². The summed E-state index contributed by atoms with van der Waals surface area (Å²) in [5.74, 6) is 1.85. The molecule has 2 saturated heterocycles. The van der Waals surface area contributed by atoms with Gasteiger partial charge in [0.2, 0.25) is 11.8 Å². The fraction of sp³-hybridized carbons (Fsp3) is 0.455. The largest absolute Gasteiger partial charge is 0.497 e. The number of ether oxygens (including phenoxy) is 2. The predicted molar refractivity (Wildman–Crippen MR) is 119 cm³/mol. The van der Waals surface area contributed by atoms with E-state index in [1.807, 2.05) is 49.3 Å². The van der Waals surface area contributed by atoms with Crippen LogP contribution in [0.1, 0.15) is 6.42 Å². The van der Waals surface area contributed by atoms with Gasteiger partial charge < -0.3 is 24.2 Å². The highest BCUT2D eigenvalue weighted by Gasteiger charge is 2.34. The zero-order valence-electron chi connectivity index (χ0n) is 18.6. The van der Waals surface area contributed by atoms with Gasteiger partial charge >= 0.3 is 6.03 Å². The second-order valence-corrected chi connectivity index (χ2v) is 8.05. The van der Waals surface area contributed by atoms with E-state index in [0.29, 0.717) is 32.1 Å². The number of carbonyl (C=O) groups is 2. The number of methoxy groups -OCH3 is 1. The number of rotatable bonds is 7. The van der Waals surface area contributed by atoms with E-state index in [1.165, 1.54) is 0 Å². The monoisotopic (exact) mass is 440 g/mol. The van der Waals surface area contributed by atoms with Crippen molar-refractivity contribution in [2.75, 3.05) is 63.7 Å². The first-order valence-electron chi connectivity index (χ1n) is 10.6. The molecule has 1 unspecified atom stereocenters. The molecule has 0 radical (unpaired) electrons. The first-order valence-corrected chi connectivity index (χ1v) is 10.6. The number of carbonyl (C=O) groups excluding carboxylic acids is 2. The van der Waals surface area contributed by atoms with Gasteiger partial charge in [0, 0.05) is 51.9 Å². The third-order valence-electron chi connectivity index (χ3n) is 5.67. The quantitative estimate of drug-likeness (QED) is 0.644. The number of nitrogens with zero attached hydrogens (tertiary/aromatic N) is 6. The lowest BCUT2D eigenvalue weighted by Crippen LogP contribution is -2.42. The number of benzene rings is 1. The molecule has 1 aromatic carbocycles. The molecule has 4 rings (SSSR count). The van der Waals surface area contributed by atoms with Crippen LogP contribution in [0.4, 0.5) is 16.3 Å². The van der Waals surface area contributed by atoms with E-state index >= 15 is 0 Å². The highest BCUT2D eigenvalue weighted by atomic mass is 16.5. The normalized spacial score (nSPS) is 18.3. The Bertz CT molecular complexity index is 950. The van der Waals surface area contributed by atoms with Gasteiger partial charge in [0.15, 0.2) is 5.82 Å². The predicted octanol–water partition coefficient (Wildman–Crippen LogP) is 1.47. The molecule has 32 heavy (non-hydrogen) atoms.